The highest BCUT2D eigenvalue weighted by Crippen LogP contribution is 2.12. The second kappa shape index (κ2) is 3.62. The summed E-state index contributed by atoms with van der Waals surface area (Å²) in [5.74, 6) is 0.0213. The van der Waals surface area contributed by atoms with Gasteiger partial charge in [-0.05, 0) is 6.07 Å². The van der Waals surface area contributed by atoms with E-state index >= 15 is 0 Å². The van der Waals surface area contributed by atoms with Crippen LogP contribution in [-0.2, 0) is 14.8 Å². The zero-order valence-electron chi connectivity index (χ0n) is 7.26. The fourth-order valence-electron chi connectivity index (χ4n) is 1.13. The first-order chi connectivity index (χ1) is 6.96. The molecule has 0 aromatic carbocycles. The molecule has 15 heavy (non-hydrogen) atoms. The van der Waals surface area contributed by atoms with E-state index in [2.05, 4.69) is 9.97 Å². The predicted molar refractivity (Wildman–Crippen MR) is 56.5 cm³/mol. The van der Waals surface area contributed by atoms with E-state index in [0.29, 0.717) is 16.6 Å². The molecule has 0 aliphatic carbocycles. The Labute approximate surface area is 95.1 Å². The van der Waals surface area contributed by atoms with Gasteiger partial charge in [-0.1, -0.05) is 11.6 Å². The van der Waals surface area contributed by atoms with Crippen LogP contribution < -0.4 is 0 Å². The maximum atomic E-state index is 10.8. The van der Waals surface area contributed by atoms with Crippen molar-refractivity contribution in [3.05, 3.63) is 29.3 Å². The minimum atomic E-state index is -3.60. The minimum absolute atomic E-state index is 0.324. The molecule has 8 heteroatoms. The van der Waals surface area contributed by atoms with E-state index in [-0.39, 0.29) is 5.75 Å². The Bertz CT molecular complexity index is 608. The molecule has 0 spiro atoms. The van der Waals surface area contributed by atoms with Crippen molar-refractivity contribution in [2.45, 2.75) is 5.75 Å². The minimum Gasteiger partial charge on any atom is -0.274 e. The smallest absolute Gasteiger partial charge is 0.238 e. The summed E-state index contributed by atoms with van der Waals surface area (Å²) in [5, 5.41) is 0.415. The molecule has 0 saturated heterocycles. The summed E-state index contributed by atoms with van der Waals surface area (Å²) >= 11 is 5.77. The number of rotatable bonds is 2. The fourth-order valence-corrected chi connectivity index (χ4v) is 2.17. The normalized spacial score (nSPS) is 12.1. The fraction of sp³-hybridized carbons (Fsp3) is 0.143. The van der Waals surface area contributed by atoms with E-state index in [1.807, 2.05) is 0 Å². The maximum Gasteiger partial charge on any atom is 0.238 e. The van der Waals surface area contributed by atoms with Crippen LogP contribution in [0.4, 0.5) is 0 Å². The monoisotopic (exact) mass is 265 g/mol. The Kier molecular flexibility index (Phi) is 2.57. The molecule has 2 aromatic rings. The van der Waals surface area contributed by atoms with Crippen LogP contribution in [0.5, 0.6) is 0 Å². The molecule has 2 heterocycles. The molecule has 0 bridgehead atoms. The van der Waals surface area contributed by atoms with Crippen LogP contribution in [0, 0.1) is 0 Å². The van der Waals surface area contributed by atoms with Gasteiger partial charge >= 0.3 is 0 Å². The molecular weight excluding hydrogens is 261 g/mol. The van der Waals surface area contributed by atoms with E-state index in [4.69, 9.17) is 22.3 Å². The van der Waals surface area contributed by atoms with Crippen molar-refractivity contribution < 1.29 is 8.42 Å². The third kappa shape index (κ3) is 2.39. The van der Waals surface area contributed by atoms with E-state index < -0.39 is 9.05 Å². The zero-order chi connectivity index (χ0) is 11.1. The molecule has 5 nitrogen and oxygen atoms in total. The highest BCUT2D eigenvalue weighted by molar-refractivity contribution is 8.13. The van der Waals surface area contributed by atoms with Crippen LogP contribution in [0.25, 0.3) is 5.78 Å². The summed E-state index contributed by atoms with van der Waals surface area (Å²) in [7, 11) is 1.50. The summed E-state index contributed by atoms with van der Waals surface area (Å²) in [5.41, 5.74) is 0.333. The van der Waals surface area contributed by atoms with Gasteiger partial charge in [0.15, 0.2) is 0 Å². The van der Waals surface area contributed by atoms with Crippen molar-refractivity contribution in [3.63, 3.8) is 0 Å². The molecule has 2 aromatic heterocycles. The summed E-state index contributed by atoms with van der Waals surface area (Å²) in [6, 6.07) is 1.53. The van der Waals surface area contributed by atoms with Crippen molar-refractivity contribution in [2.24, 2.45) is 0 Å². The molecule has 0 saturated carbocycles. The molecule has 0 N–H and O–H groups in total. The number of halogens is 2. The summed E-state index contributed by atoms with van der Waals surface area (Å²) in [4.78, 5) is 7.88. The lowest BCUT2D eigenvalue weighted by molar-refractivity contribution is 0.608. The Balaban J connectivity index is 2.48. The summed E-state index contributed by atoms with van der Waals surface area (Å²) in [6.45, 7) is 0. The van der Waals surface area contributed by atoms with Crippen molar-refractivity contribution in [1.82, 2.24) is 14.4 Å². The van der Waals surface area contributed by atoms with E-state index in [0.717, 1.165) is 0 Å². The largest absolute Gasteiger partial charge is 0.274 e. The average molecular weight is 266 g/mol. The number of aromatic nitrogens is 3. The second-order valence-electron chi connectivity index (χ2n) is 2.85. The number of fused-ring (bicyclic) bond motifs is 1. The number of hydrogen-bond donors (Lipinski definition) is 0. The predicted octanol–water partition coefficient (Wildman–Crippen LogP) is 1.45. The summed E-state index contributed by atoms with van der Waals surface area (Å²) < 4.78 is 23.2. The number of nitrogens with zero attached hydrogens (tertiary/aromatic N) is 3. The molecule has 80 valence electrons. The van der Waals surface area contributed by atoms with Crippen LogP contribution in [0.1, 0.15) is 5.69 Å². The van der Waals surface area contributed by atoms with Crippen LogP contribution in [0.15, 0.2) is 18.5 Å². The number of hydrogen-bond acceptors (Lipinski definition) is 4. The first kappa shape index (κ1) is 10.7. The lowest BCUT2D eigenvalue weighted by Crippen LogP contribution is -2.00. The second-order valence-corrected chi connectivity index (χ2v) is 6.02. The van der Waals surface area contributed by atoms with Crippen LogP contribution in [-0.4, -0.2) is 22.8 Å². The van der Waals surface area contributed by atoms with Crippen molar-refractivity contribution >= 4 is 37.1 Å². The van der Waals surface area contributed by atoms with Gasteiger partial charge in [-0.15, -0.1) is 0 Å². The van der Waals surface area contributed by atoms with Crippen LogP contribution >= 0.6 is 22.3 Å². The van der Waals surface area contributed by atoms with Crippen molar-refractivity contribution in [1.29, 1.82) is 0 Å². The zero-order valence-corrected chi connectivity index (χ0v) is 9.59. The Morgan fingerprint density at radius 3 is 2.87 bits per heavy atom. The molecular formula is C7H5Cl2N3O2S. The Morgan fingerprint density at radius 1 is 1.47 bits per heavy atom. The highest BCUT2D eigenvalue weighted by atomic mass is 35.7. The third-order valence-corrected chi connectivity index (χ3v) is 2.96. The van der Waals surface area contributed by atoms with E-state index in [1.54, 1.807) is 6.20 Å². The first-order valence-corrected chi connectivity index (χ1v) is 6.72. The van der Waals surface area contributed by atoms with E-state index in [9.17, 15) is 8.42 Å². The highest BCUT2D eigenvalue weighted by Gasteiger charge is 2.10. The number of imidazole rings is 1. The Morgan fingerprint density at radius 2 is 2.20 bits per heavy atom. The van der Waals surface area contributed by atoms with Crippen molar-refractivity contribution in [3.8, 4) is 0 Å². The van der Waals surface area contributed by atoms with Crippen LogP contribution in [0.2, 0.25) is 5.15 Å². The molecule has 0 aliphatic rings. The molecule has 2 rings (SSSR count). The molecule has 0 radical (unpaired) electrons. The SMILES string of the molecule is O=S(=O)(Cl)Cc1ccn2c(Cl)cnc2n1. The van der Waals surface area contributed by atoms with Crippen molar-refractivity contribution in [2.75, 3.05) is 0 Å². The van der Waals surface area contributed by atoms with E-state index in [1.165, 1.54) is 16.7 Å². The quantitative estimate of drug-likeness (QED) is 0.772. The lowest BCUT2D eigenvalue weighted by Gasteiger charge is -1.98. The first-order valence-electron chi connectivity index (χ1n) is 3.86. The third-order valence-electron chi connectivity index (χ3n) is 1.71. The Hall–Kier alpha value is -0.850. The standard InChI is InChI=1S/C7H5Cl2N3O2S/c8-6-3-10-7-11-5(1-2-12(6)7)4-15(9,13)14/h1-3H,4H2. The molecule has 0 atom stereocenters. The average Bonchev–Trinajstić information content (AvgIpc) is 2.45. The molecule has 0 aliphatic heterocycles. The van der Waals surface area contributed by atoms with Gasteiger partial charge in [0.25, 0.3) is 0 Å². The maximum absolute atomic E-state index is 10.8. The molecule has 0 unspecified atom stereocenters. The van der Waals surface area contributed by atoms with Gasteiger partial charge in [0, 0.05) is 16.9 Å². The lowest BCUT2D eigenvalue weighted by atomic mass is 10.4. The molecule has 0 amide bonds. The topological polar surface area (TPSA) is 64.3 Å². The van der Waals surface area contributed by atoms with Gasteiger partial charge in [0.05, 0.1) is 11.9 Å². The van der Waals surface area contributed by atoms with Gasteiger partial charge in [0.2, 0.25) is 14.8 Å². The van der Waals surface area contributed by atoms with Gasteiger partial charge in [0.1, 0.15) is 10.9 Å². The summed E-state index contributed by atoms with van der Waals surface area (Å²) in [6.07, 6.45) is 3.03. The van der Waals surface area contributed by atoms with Gasteiger partial charge in [-0.2, -0.15) is 0 Å². The molecule has 0 fully saturated rings. The van der Waals surface area contributed by atoms with Crippen LogP contribution in [0.3, 0.4) is 0 Å². The van der Waals surface area contributed by atoms with Gasteiger partial charge in [-0.25, -0.2) is 18.4 Å². The van der Waals surface area contributed by atoms with Gasteiger partial charge < -0.3 is 0 Å². The van der Waals surface area contributed by atoms with Gasteiger partial charge in [-0.3, -0.25) is 4.40 Å².